The van der Waals surface area contributed by atoms with E-state index in [4.69, 9.17) is 16.3 Å². The summed E-state index contributed by atoms with van der Waals surface area (Å²) in [5.41, 5.74) is 1.67. The molecule has 1 N–H and O–H groups in total. The Morgan fingerprint density at radius 3 is 2.70 bits per heavy atom. The third kappa shape index (κ3) is 4.50. The van der Waals surface area contributed by atoms with Crippen molar-refractivity contribution in [2.45, 2.75) is 43.9 Å². The Bertz CT molecular complexity index is 669. The highest BCUT2D eigenvalue weighted by atomic mass is 35.5. The second-order valence-electron chi connectivity index (χ2n) is 7.80. The van der Waals surface area contributed by atoms with Gasteiger partial charge in [-0.3, -0.25) is 4.90 Å². The van der Waals surface area contributed by atoms with Crippen LogP contribution in [0.3, 0.4) is 0 Å². The predicted octanol–water partition coefficient (Wildman–Crippen LogP) is 3.51. The van der Waals surface area contributed by atoms with Crippen LogP contribution >= 0.6 is 11.6 Å². The van der Waals surface area contributed by atoms with Crippen molar-refractivity contribution in [3.05, 3.63) is 23.2 Å². The van der Waals surface area contributed by atoms with Gasteiger partial charge in [0.15, 0.2) is 0 Å². The number of nitrogens with one attached hydrogen (secondary N) is 1. The molecule has 1 unspecified atom stereocenters. The molecule has 3 atom stereocenters. The molecule has 1 aromatic carbocycles. The number of amides is 2. The highest BCUT2D eigenvalue weighted by Gasteiger charge is 2.39. The Morgan fingerprint density at radius 2 is 2.04 bits per heavy atom. The molecule has 0 spiro atoms. The van der Waals surface area contributed by atoms with Gasteiger partial charge in [-0.1, -0.05) is 11.6 Å². The van der Waals surface area contributed by atoms with Crippen LogP contribution in [0, 0.1) is 0 Å². The van der Waals surface area contributed by atoms with Crippen LogP contribution < -0.4 is 10.2 Å². The molecular formula is C20H31ClN4O2. The molecule has 1 saturated carbocycles. The maximum absolute atomic E-state index is 13.0. The van der Waals surface area contributed by atoms with Crippen molar-refractivity contribution in [2.75, 3.05) is 51.6 Å². The van der Waals surface area contributed by atoms with Crippen LogP contribution in [-0.4, -0.2) is 75.4 Å². The standard InChI is InChI=1S/C20H31ClN4O2/c1-23(2)17-9-8-14(21)12-16(17)22-20(26)24(3)18-6-5-7-19(18)25-11-10-15(13-25)27-4/h8-9,12,15,18-19H,5-7,10-11,13H2,1-4H3,(H,22,26)/t15?,18-,19+/m0/s1. The Balaban J connectivity index is 1.69. The lowest BCUT2D eigenvalue weighted by Crippen LogP contribution is -2.50. The molecule has 0 bridgehead atoms. The number of likely N-dealkylation sites (N-methyl/N-ethyl adjacent to an activating group) is 1. The number of carbonyl (C=O) groups excluding carboxylic acids is 1. The number of halogens is 1. The van der Waals surface area contributed by atoms with Crippen LogP contribution in [-0.2, 0) is 4.74 Å². The van der Waals surface area contributed by atoms with Crippen LogP contribution in [0.2, 0.25) is 5.02 Å². The smallest absolute Gasteiger partial charge is 0.321 e. The molecule has 1 heterocycles. The fraction of sp³-hybridized carbons (Fsp3) is 0.650. The second kappa shape index (κ2) is 8.67. The van der Waals surface area contributed by atoms with Crippen molar-refractivity contribution in [1.29, 1.82) is 0 Å². The topological polar surface area (TPSA) is 48.1 Å². The summed E-state index contributed by atoms with van der Waals surface area (Å²) in [6.07, 6.45) is 4.72. The summed E-state index contributed by atoms with van der Waals surface area (Å²) in [5, 5.41) is 3.67. The highest BCUT2D eigenvalue weighted by Crippen LogP contribution is 2.32. The predicted molar refractivity (Wildman–Crippen MR) is 111 cm³/mol. The minimum absolute atomic E-state index is 0.0836. The van der Waals surface area contributed by atoms with E-state index in [1.54, 1.807) is 13.2 Å². The number of methoxy groups -OCH3 is 1. The molecule has 2 amide bonds. The van der Waals surface area contributed by atoms with Crippen molar-refractivity contribution in [1.82, 2.24) is 9.80 Å². The summed E-state index contributed by atoms with van der Waals surface area (Å²) in [4.78, 5) is 19.3. The number of urea groups is 1. The van der Waals surface area contributed by atoms with E-state index < -0.39 is 0 Å². The van der Waals surface area contributed by atoms with Gasteiger partial charge < -0.3 is 19.9 Å². The Hall–Kier alpha value is -1.50. The van der Waals surface area contributed by atoms with Crippen molar-refractivity contribution in [3.8, 4) is 0 Å². The molecule has 27 heavy (non-hydrogen) atoms. The average molecular weight is 395 g/mol. The summed E-state index contributed by atoms with van der Waals surface area (Å²) in [5.74, 6) is 0. The molecule has 1 saturated heterocycles. The Kier molecular flexibility index (Phi) is 6.50. The molecule has 0 aromatic heterocycles. The van der Waals surface area contributed by atoms with Gasteiger partial charge >= 0.3 is 6.03 Å². The molecule has 1 aromatic rings. The number of hydrogen-bond acceptors (Lipinski definition) is 4. The third-order valence-electron chi connectivity index (χ3n) is 5.92. The fourth-order valence-corrected chi connectivity index (χ4v) is 4.57. The van der Waals surface area contributed by atoms with E-state index in [1.807, 2.05) is 43.1 Å². The quantitative estimate of drug-likeness (QED) is 0.830. The van der Waals surface area contributed by atoms with Gasteiger partial charge in [0.1, 0.15) is 0 Å². The molecule has 1 aliphatic carbocycles. The third-order valence-corrected chi connectivity index (χ3v) is 6.16. The molecule has 150 valence electrons. The number of nitrogens with zero attached hydrogens (tertiary/aromatic N) is 3. The monoisotopic (exact) mass is 394 g/mol. The summed E-state index contributed by atoms with van der Waals surface area (Å²) >= 11 is 6.15. The first-order chi connectivity index (χ1) is 12.9. The van der Waals surface area contributed by atoms with E-state index >= 15 is 0 Å². The number of anilines is 2. The first-order valence-electron chi connectivity index (χ1n) is 9.68. The molecule has 7 heteroatoms. The molecule has 1 aliphatic heterocycles. The molecule has 2 fully saturated rings. The summed E-state index contributed by atoms with van der Waals surface area (Å²) < 4.78 is 5.52. The average Bonchev–Trinajstić information content (AvgIpc) is 3.29. The van der Waals surface area contributed by atoms with Crippen LogP contribution in [0.1, 0.15) is 25.7 Å². The first kappa shape index (κ1) is 20.2. The number of rotatable bonds is 5. The van der Waals surface area contributed by atoms with E-state index in [1.165, 1.54) is 0 Å². The van der Waals surface area contributed by atoms with Crippen molar-refractivity contribution < 1.29 is 9.53 Å². The van der Waals surface area contributed by atoms with E-state index in [0.717, 1.165) is 50.1 Å². The lowest BCUT2D eigenvalue weighted by molar-refractivity contribution is 0.0907. The second-order valence-corrected chi connectivity index (χ2v) is 8.24. The summed E-state index contributed by atoms with van der Waals surface area (Å²) in [6, 6.07) is 6.11. The van der Waals surface area contributed by atoms with Gasteiger partial charge in [-0.2, -0.15) is 0 Å². The zero-order chi connectivity index (χ0) is 19.6. The highest BCUT2D eigenvalue weighted by molar-refractivity contribution is 6.31. The minimum Gasteiger partial charge on any atom is -0.380 e. The molecule has 6 nitrogen and oxygen atoms in total. The zero-order valence-corrected chi connectivity index (χ0v) is 17.5. The number of likely N-dealkylation sites (tertiary alicyclic amines) is 1. The number of ether oxygens (including phenoxy) is 1. The molecule has 0 radical (unpaired) electrons. The number of carbonyl (C=O) groups is 1. The van der Waals surface area contributed by atoms with Gasteiger partial charge in [-0.15, -0.1) is 0 Å². The van der Waals surface area contributed by atoms with Gasteiger partial charge in [-0.25, -0.2) is 4.79 Å². The molecular weight excluding hydrogens is 364 g/mol. The van der Waals surface area contributed by atoms with E-state index in [0.29, 0.717) is 17.2 Å². The largest absolute Gasteiger partial charge is 0.380 e. The maximum Gasteiger partial charge on any atom is 0.321 e. The lowest BCUT2D eigenvalue weighted by atomic mass is 10.1. The Morgan fingerprint density at radius 1 is 1.26 bits per heavy atom. The normalized spacial score (nSPS) is 25.6. The van der Waals surface area contributed by atoms with Crippen LogP contribution in [0.5, 0.6) is 0 Å². The van der Waals surface area contributed by atoms with Crippen LogP contribution in [0.25, 0.3) is 0 Å². The number of benzene rings is 1. The summed E-state index contributed by atoms with van der Waals surface area (Å²) in [6.45, 7) is 2.01. The SMILES string of the molecule is COC1CCN([C@@H]2CCC[C@@H]2N(C)C(=O)Nc2cc(Cl)ccc2N(C)C)C1. The van der Waals surface area contributed by atoms with E-state index in [9.17, 15) is 4.79 Å². The van der Waals surface area contributed by atoms with Crippen LogP contribution in [0.15, 0.2) is 18.2 Å². The van der Waals surface area contributed by atoms with Gasteiger partial charge in [0, 0.05) is 58.4 Å². The molecule has 3 rings (SSSR count). The van der Waals surface area contributed by atoms with Gasteiger partial charge in [-0.05, 0) is 43.9 Å². The van der Waals surface area contributed by atoms with Gasteiger partial charge in [0.2, 0.25) is 0 Å². The van der Waals surface area contributed by atoms with Crippen LogP contribution in [0.4, 0.5) is 16.2 Å². The van der Waals surface area contributed by atoms with Gasteiger partial charge in [0.05, 0.1) is 17.5 Å². The first-order valence-corrected chi connectivity index (χ1v) is 10.1. The fourth-order valence-electron chi connectivity index (χ4n) is 4.40. The zero-order valence-electron chi connectivity index (χ0n) is 16.7. The number of hydrogen-bond donors (Lipinski definition) is 1. The summed E-state index contributed by atoms with van der Waals surface area (Å²) in [7, 11) is 7.60. The molecule has 2 aliphatic rings. The van der Waals surface area contributed by atoms with Crippen molar-refractivity contribution >= 4 is 29.0 Å². The van der Waals surface area contributed by atoms with E-state index in [2.05, 4.69) is 10.2 Å². The minimum atomic E-state index is -0.0836. The van der Waals surface area contributed by atoms with E-state index in [-0.39, 0.29) is 12.1 Å². The lowest BCUT2D eigenvalue weighted by Gasteiger charge is -2.35. The van der Waals surface area contributed by atoms with Gasteiger partial charge in [0.25, 0.3) is 0 Å². The Labute approximate surface area is 167 Å². The van der Waals surface area contributed by atoms with Crippen molar-refractivity contribution in [2.24, 2.45) is 0 Å². The maximum atomic E-state index is 13.0. The van der Waals surface area contributed by atoms with Crippen molar-refractivity contribution in [3.63, 3.8) is 0 Å².